The first kappa shape index (κ1) is 13.6. The van der Waals surface area contributed by atoms with E-state index in [0.717, 1.165) is 6.42 Å². The highest BCUT2D eigenvalue weighted by atomic mass is 35.5. The Kier molecular flexibility index (Phi) is 4.21. The highest BCUT2D eigenvalue weighted by Crippen LogP contribution is 2.17. The molecule has 0 saturated carbocycles. The van der Waals surface area contributed by atoms with Gasteiger partial charge >= 0.3 is 0 Å². The molecule has 6 nitrogen and oxygen atoms in total. The maximum Gasteiger partial charge on any atom is 0.253 e. The third kappa shape index (κ3) is 3.35. The molecule has 0 aromatic carbocycles. The molecule has 0 aliphatic carbocycles. The monoisotopic (exact) mass is 282 g/mol. The second-order valence-electron chi connectivity index (χ2n) is 4.31. The number of nitrogens with one attached hydrogen (secondary N) is 3. The second kappa shape index (κ2) is 5.88. The molecule has 2 amide bonds. The maximum atomic E-state index is 12.0. The van der Waals surface area contributed by atoms with Crippen molar-refractivity contribution in [2.24, 2.45) is 0 Å². The van der Waals surface area contributed by atoms with Gasteiger partial charge in [-0.25, -0.2) is 4.98 Å². The zero-order valence-corrected chi connectivity index (χ0v) is 11.3. The second-order valence-corrected chi connectivity index (χ2v) is 4.72. The van der Waals surface area contributed by atoms with Crippen molar-refractivity contribution in [1.82, 2.24) is 15.6 Å². The topological polar surface area (TPSA) is 83.1 Å². The van der Waals surface area contributed by atoms with Crippen LogP contribution >= 0.6 is 11.6 Å². The molecule has 19 heavy (non-hydrogen) atoms. The molecule has 1 fully saturated rings. The van der Waals surface area contributed by atoms with E-state index >= 15 is 0 Å². The lowest BCUT2D eigenvalue weighted by atomic mass is 10.2. The fourth-order valence-electron chi connectivity index (χ4n) is 1.89. The van der Waals surface area contributed by atoms with E-state index in [2.05, 4.69) is 20.9 Å². The Morgan fingerprint density at radius 3 is 3.05 bits per heavy atom. The van der Waals surface area contributed by atoms with E-state index < -0.39 is 0 Å². The van der Waals surface area contributed by atoms with E-state index in [-0.39, 0.29) is 17.9 Å². The average Bonchev–Trinajstić information content (AvgIpc) is 2.82. The first-order valence-electron chi connectivity index (χ1n) is 6.01. The summed E-state index contributed by atoms with van der Waals surface area (Å²) in [4.78, 5) is 27.1. The number of hydrogen-bond acceptors (Lipinski definition) is 4. The summed E-state index contributed by atoms with van der Waals surface area (Å²) >= 11 is 5.95. The van der Waals surface area contributed by atoms with E-state index in [0.29, 0.717) is 29.4 Å². The third-order valence-electron chi connectivity index (χ3n) is 2.95. The Bertz CT molecular complexity index is 507. The summed E-state index contributed by atoms with van der Waals surface area (Å²) in [6, 6.07) is 1.59. The van der Waals surface area contributed by atoms with Crippen molar-refractivity contribution in [1.29, 1.82) is 0 Å². The van der Waals surface area contributed by atoms with Gasteiger partial charge in [-0.05, 0) is 12.5 Å². The van der Waals surface area contributed by atoms with Crippen LogP contribution in [-0.4, -0.2) is 36.4 Å². The summed E-state index contributed by atoms with van der Waals surface area (Å²) in [6.07, 6.45) is 2.69. The molecular weight excluding hydrogens is 268 g/mol. The summed E-state index contributed by atoms with van der Waals surface area (Å²) < 4.78 is 0. The number of anilines is 1. The van der Waals surface area contributed by atoms with Gasteiger partial charge in [0.1, 0.15) is 5.82 Å². The first-order valence-corrected chi connectivity index (χ1v) is 6.39. The molecule has 1 atom stereocenters. The first-order chi connectivity index (χ1) is 9.10. The summed E-state index contributed by atoms with van der Waals surface area (Å²) in [5, 5.41) is 8.69. The molecule has 102 valence electrons. The van der Waals surface area contributed by atoms with Crippen LogP contribution in [0.5, 0.6) is 0 Å². The van der Waals surface area contributed by atoms with Crippen molar-refractivity contribution in [3.05, 3.63) is 22.8 Å². The average molecular weight is 283 g/mol. The normalized spacial score (nSPS) is 18.0. The minimum Gasteiger partial charge on any atom is -0.373 e. The molecule has 0 bridgehead atoms. The Morgan fingerprint density at radius 1 is 1.63 bits per heavy atom. The van der Waals surface area contributed by atoms with Crippen LogP contribution in [0.3, 0.4) is 0 Å². The highest BCUT2D eigenvalue weighted by Gasteiger charge is 2.21. The smallest absolute Gasteiger partial charge is 0.253 e. The van der Waals surface area contributed by atoms with Crippen LogP contribution in [0.1, 0.15) is 23.2 Å². The molecule has 0 spiro atoms. The molecule has 2 rings (SSSR count). The van der Waals surface area contributed by atoms with Crippen molar-refractivity contribution in [3.63, 3.8) is 0 Å². The quantitative estimate of drug-likeness (QED) is 0.762. The van der Waals surface area contributed by atoms with E-state index in [9.17, 15) is 9.59 Å². The molecular formula is C12H15ClN4O2. The van der Waals surface area contributed by atoms with Crippen molar-refractivity contribution in [2.45, 2.75) is 18.9 Å². The Balaban J connectivity index is 1.97. The number of halogens is 1. The third-order valence-corrected chi connectivity index (χ3v) is 3.25. The number of aromatic nitrogens is 1. The molecule has 1 saturated heterocycles. The highest BCUT2D eigenvalue weighted by molar-refractivity contribution is 6.33. The largest absolute Gasteiger partial charge is 0.373 e. The summed E-state index contributed by atoms with van der Waals surface area (Å²) in [6.45, 7) is 0.401. The van der Waals surface area contributed by atoms with Crippen LogP contribution in [0.15, 0.2) is 12.3 Å². The molecule has 7 heteroatoms. The predicted molar refractivity (Wildman–Crippen MR) is 72.3 cm³/mol. The molecule has 1 unspecified atom stereocenters. The minimum absolute atomic E-state index is 0.000772. The Labute approximate surface area is 115 Å². The number of carbonyl (C=O) groups excluding carboxylic acids is 2. The Hall–Kier alpha value is -1.82. The Morgan fingerprint density at radius 2 is 2.42 bits per heavy atom. The lowest BCUT2D eigenvalue weighted by molar-refractivity contribution is -0.119. The van der Waals surface area contributed by atoms with Gasteiger partial charge in [0, 0.05) is 32.3 Å². The number of nitrogens with zero attached hydrogens (tertiary/aromatic N) is 1. The van der Waals surface area contributed by atoms with E-state index in [1.165, 1.54) is 6.20 Å². The number of hydrogen-bond donors (Lipinski definition) is 3. The number of carbonyl (C=O) groups is 2. The van der Waals surface area contributed by atoms with E-state index in [4.69, 9.17) is 11.6 Å². The van der Waals surface area contributed by atoms with Gasteiger partial charge in [0.25, 0.3) is 5.91 Å². The predicted octanol–water partition coefficient (Wildman–Crippen LogP) is 0.785. The van der Waals surface area contributed by atoms with E-state index in [1.54, 1.807) is 13.1 Å². The van der Waals surface area contributed by atoms with Crippen molar-refractivity contribution in [2.75, 3.05) is 18.9 Å². The summed E-state index contributed by atoms with van der Waals surface area (Å²) in [5.41, 5.74) is 0.366. The summed E-state index contributed by atoms with van der Waals surface area (Å²) in [7, 11) is 1.71. The number of rotatable bonds is 4. The summed E-state index contributed by atoms with van der Waals surface area (Å²) in [5.74, 6) is 0.326. The minimum atomic E-state index is -0.273. The number of amides is 2. The lowest BCUT2D eigenvalue weighted by Gasteiger charge is -2.12. The van der Waals surface area contributed by atoms with Crippen molar-refractivity contribution < 1.29 is 9.59 Å². The molecule has 1 aliphatic rings. The van der Waals surface area contributed by atoms with Crippen LogP contribution in [0.25, 0.3) is 0 Å². The zero-order valence-electron chi connectivity index (χ0n) is 10.5. The van der Waals surface area contributed by atoms with Crippen LogP contribution in [0.2, 0.25) is 5.02 Å². The fourth-order valence-corrected chi connectivity index (χ4v) is 2.08. The fraction of sp³-hybridized carbons (Fsp3) is 0.417. The van der Waals surface area contributed by atoms with Gasteiger partial charge in [-0.3, -0.25) is 9.59 Å². The standard InChI is InChI=1S/C12H15ClN4O2/c1-14-10-4-8(9(13)6-15-10)12(19)16-5-7-2-3-11(18)17-7/h4,6-7H,2-3,5H2,1H3,(H,14,15)(H,16,19)(H,17,18). The van der Waals surface area contributed by atoms with Gasteiger partial charge in [0.15, 0.2) is 0 Å². The molecule has 1 aromatic rings. The maximum absolute atomic E-state index is 12.0. The van der Waals surface area contributed by atoms with Gasteiger partial charge in [-0.2, -0.15) is 0 Å². The van der Waals surface area contributed by atoms with Gasteiger partial charge < -0.3 is 16.0 Å². The molecule has 2 heterocycles. The SMILES string of the molecule is CNc1cc(C(=O)NCC2CCC(=O)N2)c(Cl)cn1. The van der Waals surface area contributed by atoms with Gasteiger partial charge in [0.05, 0.1) is 10.6 Å². The van der Waals surface area contributed by atoms with Crippen LogP contribution in [-0.2, 0) is 4.79 Å². The zero-order chi connectivity index (χ0) is 13.8. The van der Waals surface area contributed by atoms with Crippen LogP contribution in [0, 0.1) is 0 Å². The van der Waals surface area contributed by atoms with Gasteiger partial charge in [-0.1, -0.05) is 11.6 Å². The molecule has 1 aromatic heterocycles. The lowest BCUT2D eigenvalue weighted by Crippen LogP contribution is -2.38. The van der Waals surface area contributed by atoms with Crippen LogP contribution < -0.4 is 16.0 Å². The van der Waals surface area contributed by atoms with Crippen molar-refractivity contribution >= 4 is 29.2 Å². The molecule has 1 aliphatic heterocycles. The van der Waals surface area contributed by atoms with Crippen LogP contribution in [0.4, 0.5) is 5.82 Å². The molecule has 3 N–H and O–H groups in total. The van der Waals surface area contributed by atoms with Crippen molar-refractivity contribution in [3.8, 4) is 0 Å². The molecule has 0 radical (unpaired) electrons. The number of pyridine rings is 1. The van der Waals surface area contributed by atoms with Gasteiger partial charge in [-0.15, -0.1) is 0 Å². The van der Waals surface area contributed by atoms with Gasteiger partial charge in [0.2, 0.25) is 5.91 Å². The van der Waals surface area contributed by atoms with E-state index in [1.807, 2.05) is 0 Å².